The van der Waals surface area contributed by atoms with Gasteiger partial charge in [-0.2, -0.15) is 0 Å². The van der Waals surface area contributed by atoms with Crippen LogP contribution in [0.15, 0.2) is 12.1 Å². The van der Waals surface area contributed by atoms with E-state index in [0.29, 0.717) is 0 Å². The van der Waals surface area contributed by atoms with Crippen molar-refractivity contribution in [2.75, 3.05) is 7.11 Å². The van der Waals surface area contributed by atoms with Crippen molar-refractivity contribution in [2.24, 2.45) is 0 Å². The average Bonchev–Trinajstić information content (AvgIpc) is 2.15. The van der Waals surface area contributed by atoms with Crippen LogP contribution in [0.25, 0.3) is 0 Å². The van der Waals surface area contributed by atoms with E-state index in [1.165, 1.54) is 7.11 Å². The summed E-state index contributed by atoms with van der Waals surface area (Å²) in [5.41, 5.74) is -0.483. The van der Waals surface area contributed by atoms with Crippen LogP contribution in [-0.2, 0) is 26.1 Å². The molecule has 0 aliphatic heterocycles. The normalized spacial score (nSPS) is 11.8. The Balaban J connectivity index is 3.18. The summed E-state index contributed by atoms with van der Waals surface area (Å²) in [5.74, 6) is -2.40. The second-order valence-electron chi connectivity index (χ2n) is 3.12. The highest BCUT2D eigenvalue weighted by Crippen LogP contribution is 2.20. The number of hydrogen-bond donors (Lipinski definition) is 0. The summed E-state index contributed by atoms with van der Waals surface area (Å²) in [7, 11) is 2.40. The molecule has 0 radical (unpaired) electrons. The highest BCUT2D eigenvalue weighted by Gasteiger charge is 2.17. The van der Waals surface area contributed by atoms with Crippen molar-refractivity contribution < 1.29 is 21.9 Å². The van der Waals surface area contributed by atoms with Crippen LogP contribution in [-0.4, -0.2) is 15.5 Å². The van der Waals surface area contributed by atoms with Crippen molar-refractivity contribution in [1.29, 1.82) is 0 Å². The van der Waals surface area contributed by atoms with Gasteiger partial charge in [0.15, 0.2) is 0 Å². The lowest BCUT2D eigenvalue weighted by molar-refractivity contribution is 0.177. The van der Waals surface area contributed by atoms with Crippen LogP contribution < -0.4 is 0 Å². The first kappa shape index (κ1) is 13.3. The summed E-state index contributed by atoms with van der Waals surface area (Å²) in [6.07, 6.45) is 0. The third-order valence-electron chi connectivity index (χ3n) is 1.88. The molecule has 1 aromatic rings. The molecule has 0 aliphatic carbocycles. The fourth-order valence-electron chi connectivity index (χ4n) is 1.22. The predicted molar refractivity (Wildman–Crippen MR) is 55.5 cm³/mol. The molecule has 7 heteroatoms. The molecule has 1 aromatic carbocycles. The largest absolute Gasteiger partial charge is 0.380 e. The summed E-state index contributed by atoms with van der Waals surface area (Å²) in [6, 6.07) is 2.03. The first-order chi connectivity index (χ1) is 7.35. The van der Waals surface area contributed by atoms with Gasteiger partial charge in [0.1, 0.15) is 11.6 Å². The van der Waals surface area contributed by atoms with Gasteiger partial charge in [-0.1, -0.05) is 6.07 Å². The fourth-order valence-corrected chi connectivity index (χ4v) is 2.17. The standard InChI is InChI=1S/C9H9ClF2O3S/c1-15-4-7-8(11)3-2-6(9(7)12)5-16(10,13)14/h2-3H,4-5H2,1H3. The van der Waals surface area contributed by atoms with Crippen LogP contribution in [0.5, 0.6) is 0 Å². The summed E-state index contributed by atoms with van der Waals surface area (Å²) >= 11 is 0. The molecule has 0 heterocycles. The number of methoxy groups -OCH3 is 1. The van der Waals surface area contributed by atoms with Crippen molar-refractivity contribution >= 4 is 19.7 Å². The number of rotatable bonds is 4. The Hall–Kier alpha value is -0.720. The fraction of sp³-hybridized carbons (Fsp3) is 0.333. The summed E-state index contributed by atoms with van der Waals surface area (Å²) in [5, 5.41) is 0. The van der Waals surface area contributed by atoms with Crippen molar-refractivity contribution in [1.82, 2.24) is 0 Å². The number of halogens is 3. The Kier molecular flexibility index (Phi) is 4.23. The molecule has 0 aromatic heterocycles. The number of ether oxygens (including phenoxy) is 1. The Morgan fingerprint density at radius 1 is 1.38 bits per heavy atom. The number of hydrogen-bond acceptors (Lipinski definition) is 3. The second-order valence-corrected chi connectivity index (χ2v) is 5.89. The van der Waals surface area contributed by atoms with Gasteiger partial charge in [-0.3, -0.25) is 0 Å². The van der Waals surface area contributed by atoms with E-state index >= 15 is 0 Å². The highest BCUT2D eigenvalue weighted by molar-refractivity contribution is 8.13. The maximum atomic E-state index is 13.6. The van der Waals surface area contributed by atoms with Crippen LogP contribution in [0.3, 0.4) is 0 Å². The van der Waals surface area contributed by atoms with E-state index in [9.17, 15) is 17.2 Å². The maximum absolute atomic E-state index is 13.6. The summed E-state index contributed by atoms with van der Waals surface area (Å²) in [4.78, 5) is 0. The molecule has 0 amide bonds. The molecule has 0 atom stereocenters. The molecule has 0 fully saturated rings. The third-order valence-corrected chi connectivity index (χ3v) is 2.87. The van der Waals surface area contributed by atoms with Crippen LogP contribution >= 0.6 is 10.7 Å². The zero-order valence-corrected chi connectivity index (χ0v) is 9.91. The van der Waals surface area contributed by atoms with E-state index in [2.05, 4.69) is 4.74 Å². The van der Waals surface area contributed by atoms with Gasteiger partial charge in [0.25, 0.3) is 0 Å². The Morgan fingerprint density at radius 2 is 2.00 bits per heavy atom. The molecule has 90 valence electrons. The van der Waals surface area contributed by atoms with Gasteiger partial charge in [0.2, 0.25) is 9.05 Å². The van der Waals surface area contributed by atoms with Gasteiger partial charge in [-0.05, 0) is 6.07 Å². The minimum atomic E-state index is -3.88. The molecule has 1 rings (SSSR count). The van der Waals surface area contributed by atoms with Gasteiger partial charge < -0.3 is 4.74 Å². The molecule has 0 bridgehead atoms. The lowest BCUT2D eigenvalue weighted by Crippen LogP contribution is -2.04. The van der Waals surface area contributed by atoms with E-state index in [1.54, 1.807) is 0 Å². The monoisotopic (exact) mass is 270 g/mol. The van der Waals surface area contributed by atoms with Crippen LogP contribution in [0.1, 0.15) is 11.1 Å². The van der Waals surface area contributed by atoms with E-state index < -0.39 is 26.4 Å². The second kappa shape index (κ2) is 5.07. The van der Waals surface area contributed by atoms with Gasteiger partial charge in [0, 0.05) is 28.9 Å². The third kappa shape index (κ3) is 3.40. The Bertz CT molecular complexity index is 488. The first-order valence-electron chi connectivity index (χ1n) is 4.22. The SMILES string of the molecule is COCc1c(F)ccc(CS(=O)(=O)Cl)c1F. The maximum Gasteiger partial charge on any atom is 0.236 e. The summed E-state index contributed by atoms with van der Waals surface area (Å²) in [6.45, 7) is -0.270. The minimum Gasteiger partial charge on any atom is -0.380 e. The van der Waals surface area contributed by atoms with E-state index in [-0.39, 0.29) is 17.7 Å². The van der Waals surface area contributed by atoms with Gasteiger partial charge in [-0.25, -0.2) is 17.2 Å². The van der Waals surface area contributed by atoms with Crippen molar-refractivity contribution in [3.8, 4) is 0 Å². The van der Waals surface area contributed by atoms with Crippen molar-refractivity contribution in [3.05, 3.63) is 34.9 Å². The smallest absolute Gasteiger partial charge is 0.236 e. The number of benzene rings is 1. The molecule has 3 nitrogen and oxygen atoms in total. The Labute approximate surface area is 96.4 Å². The minimum absolute atomic E-state index is 0.177. The zero-order valence-electron chi connectivity index (χ0n) is 8.34. The van der Waals surface area contributed by atoms with Gasteiger partial charge in [0.05, 0.1) is 12.4 Å². The van der Waals surface area contributed by atoms with E-state index in [0.717, 1.165) is 12.1 Å². The molecular formula is C9H9ClF2O3S. The molecule has 0 aliphatic rings. The Morgan fingerprint density at radius 3 is 2.50 bits per heavy atom. The topological polar surface area (TPSA) is 43.4 Å². The molecule has 0 unspecified atom stereocenters. The van der Waals surface area contributed by atoms with Crippen molar-refractivity contribution in [2.45, 2.75) is 12.4 Å². The van der Waals surface area contributed by atoms with Crippen LogP contribution in [0.4, 0.5) is 8.78 Å². The molecule has 0 saturated heterocycles. The van der Waals surface area contributed by atoms with Crippen LogP contribution in [0.2, 0.25) is 0 Å². The molecule has 0 N–H and O–H groups in total. The highest BCUT2D eigenvalue weighted by atomic mass is 35.7. The molecule has 0 saturated carbocycles. The molecule has 0 spiro atoms. The summed E-state index contributed by atoms with van der Waals surface area (Å²) < 4.78 is 52.9. The quantitative estimate of drug-likeness (QED) is 0.788. The molecular weight excluding hydrogens is 262 g/mol. The van der Waals surface area contributed by atoms with E-state index in [4.69, 9.17) is 10.7 Å². The lowest BCUT2D eigenvalue weighted by atomic mass is 10.1. The van der Waals surface area contributed by atoms with Gasteiger partial charge >= 0.3 is 0 Å². The average molecular weight is 271 g/mol. The van der Waals surface area contributed by atoms with Crippen LogP contribution in [0, 0.1) is 11.6 Å². The molecule has 16 heavy (non-hydrogen) atoms. The van der Waals surface area contributed by atoms with Crippen molar-refractivity contribution in [3.63, 3.8) is 0 Å². The lowest BCUT2D eigenvalue weighted by Gasteiger charge is -2.07. The first-order valence-corrected chi connectivity index (χ1v) is 6.70. The zero-order chi connectivity index (χ0) is 12.3. The van der Waals surface area contributed by atoms with Gasteiger partial charge in [-0.15, -0.1) is 0 Å². The predicted octanol–water partition coefficient (Wildman–Crippen LogP) is 2.18. The van der Waals surface area contributed by atoms with E-state index in [1.807, 2.05) is 0 Å².